The van der Waals surface area contributed by atoms with Crippen molar-refractivity contribution in [2.75, 3.05) is 5.32 Å². The highest BCUT2D eigenvalue weighted by Crippen LogP contribution is 2.24. The molecule has 2 heterocycles. The minimum absolute atomic E-state index is 0.0854. The van der Waals surface area contributed by atoms with Gasteiger partial charge >= 0.3 is 0 Å². The number of rotatable bonds is 4. The lowest BCUT2D eigenvalue weighted by Gasteiger charge is -2.10. The van der Waals surface area contributed by atoms with Crippen LogP contribution in [0.25, 0.3) is 10.9 Å². The highest BCUT2D eigenvalue weighted by atomic mass is 16.5. The van der Waals surface area contributed by atoms with Gasteiger partial charge in [0, 0.05) is 16.6 Å². The molecule has 0 saturated heterocycles. The van der Waals surface area contributed by atoms with Gasteiger partial charge in [0.15, 0.2) is 0 Å². The standard InChI is InChI=1S/C18H19N3O2/c1-4-13-9-17(14-7-5-6-8-16(14)19-13)20-18(22)10-15-11(2)21-23-12(15)3/h5-9H,4,10H2,1-3H3,(H,19,20,22). The van der Waals surface area contributed by atoms with E-state index < -0.39 is 0 Å². The normalized spacial score (nSPS) is 10.9. The molecule has 3 rings (SSSR count). The van der Waals surface area contributed by atoms with Crippen molar-refractivity contribution in [2.45, 2.75) is 33.6 Å². The summed E-state index contributed by atoms with van der Waals surface area (Å²) in [5, 5.41) is 7.83. The second-order valence-electron chi connectivity index (χ2n) is 5.56. The third-order valence-electron chi connectivity index (χ3n) is 3.92. The first-order chi connectivity index (χ1) is 11.1. The molecule has 0 atom stereocenters. The van der Waals surface area contributed by atoms with E-state index in [2.05, 4.69) is 15.5 Å². The van der Waals surface area contributed by atoms with Crippen molar-refractivity contribution in [3.8, 4) is 0 Å². The number of para-hydroxylation sites is 1. The van der Waals surface area contributed by atoms with Crippen LogP contribution in [0.2, 0.25) is 0 Å². The number of hydrogen-bond donors (Lipinski definition) is 1. The Bertz CT molecular complexity index is 848. The smallest absolute Gasteiger partial charge is 0.229 e. The number of nitrogens with zero attached hydrogens (tertiary/aromatic N) is 2. The van der Waals surface area contributed by atoms with E-state index in [0.717, 1.165) is 40.0 Å². The van der Waals surface area contributed by atoms with Crippen molar-refractivity contribution in [1.29, 1.82) is 0 Å². The topological polar surface area (TPSA) is 68.0 Å². The summed E-state index contributed by atoms with van der Waals surface area (Å²) in [6, 6.07) is 9.75. The molecular weight excluding hydrogens is 290 g/mol. The van der Waals surface area contributed by atoms with Crippen LogP contribution < -0.4 is 5.32 Å². The first kappa shape index (κ1) is 15.2. The molecule has 5 heteroatoms. The average Bonchev–Trinajstić information content (AvgIpc) is 2.86. The molecule has 0 spiro atoms. The number of aromatic nitrogens is 2. The van der Waals surface area contributed by atoms with E-state index in [1.807, 2.05) is 51.1 Å². The Balaban J connectivity index is 1.90. The lowest BCUT2D eigenvalue weighted by atomic mass is 10.1. The fourth-order valence-electron chi connectivity index (χ4n) is 2.62. The lowest BCUT2D eigenvalue weighted by molar-refractivity contribution is -0.115. The summed E-state index contributed by atoms with van der Waals surface area (Å²) in [6.07, 6.45) is 1.07. The molecule has 23 heavy (non-hydrogen) atoms. The Morgan fingerprint density at radius 3 is 2.74 bits per heavy atom. The summed E-state index contributed by atoms with van der Waals surface area (Å²) in [5.41, 5.74) is 4.24. The summed E-state index contributed by atoms with van der Waals surface area (Å²) in [7, 11) is 0. The fourth-order valence-corrected chi connectivity index (χ4v) is 2.62. The van der Waals surface area contributed by atoms with Crippen LogP contribution in [0.3, 0.4) is 0 Å². The maximum Gasteiger partial charge on any atom is 0.229 e. The van der Waals surface area contributed by atoms with Crippen molar-refractivity contribution in [2.24, 2.45) is 0 Å². The molecule has 0 fully saturated rings. The Labute approximate surface area is 134 Å². The zero-order chi connectivity index (χ0) is 16.4. The zero-order valence-electron chi connectivity index (χ0n) is 13.5. The second kappa shape index (κ2) is 6.20. The van der Waals surface area contributed by atoms with Crippen LogP contribution in [0, 0.1) is 13.8 Å². The molecule has 0 saturated carbocycles. The highest BCUT2D eigenvalue weighted by Gasteiger charge is 2.15. The van der Waals surface area contributed by atoms with E-state index in [4.69, 9.17) is 4.52 Å². The Morgan fingerprint density at radius 2 is 2.04 bits per heavy atom. The van der Waals surface area contributed by atoms with Crippen LogP contribution in [-0.2, 0) is 17.6 Å². The Morgan fingerprint density at radius 1 is 1.26 bits per heavy atom. The van der Waals surface area contributed by atoms with Gasteiger partial charge in [-0.25, -0.2) is 0 Å². The van der Waals surface area contributed by atoms with Crippen LogP contribution in [-0.4, -0.2) is 16.0 Å². The number of nitrogens with one attached hydrogen (secondary N) is 1. The van der Waals surface area contributed by atoms with E-state index in [0.29, 0.717) is 5.76 Å². The second-order valence-corrected chi connectivity index (χ2v) is 5.56. The average molecular weight is 309 g/mol. The third-order valence-corrected chi connectivity index (χ3v) is 3.92. The van der Waals surface area contributed by atoms with Crippen LogP contribution in [0.4, 0.5) is 5.69 Å². The summed E-state index contributed by atoms with van der Waals surface area (Å²) in [4.78, 5) is 17.0. The molecule has 3 aromatic rings. The monoisotopic (exact) mass is 309 g/mol. The van der Waals surface area contributed by atoms with E-state index in [9.17, 15) is 4.79 Å². The molecule has 0 aliphatic heterocycles. The maximum atomic E-state index is 12.4. The van der Waals surface area contributed by atoms with Crippen LogP contribution >= 0.6 is 0 Å². The first-order valence-electron chi connectivity index (χ1n) is 7.68. The summed E-state index contributed by atoms with van der Waals surface area (Å²) >= 11 is 0. The first-order valence-corrected chi connectivity index (χ1v) is 7.68. The number of aryl methyl sites for hydroxylation is 3. The predicted octanol–water partition coefficient (Wildman–Crippen LogP) is 3.58. The van der Waals surface area contributed by atoms with Crippen molar-refractivity contribution >= 4 is 22.5 Å². The molecular formula is C18H19N3O2. The molecule has 0 unspecified atom stereocenters. The van der Waals surface area contributed by atoms with Gasteiger partial charge in [-0.2, -0.15) is 0 Å². The fraction of sp³-hybridized carbons (Fsp3) is 0.278. The molecule has 0 aliphatic rings. The van der Waals surface area contributed by atoms with E-state index in [1.165, 1.54) is 0 Å². The molecule has 1 N–H and O–H groups in total. The zero-order valence-corrected chi connectivity index (χ0v) is 13.5. The number of amides is 1. The summed E-state index contributed by atoms with van der Waals surface area (Å²) in [6.45, 7) is 5.71. The molecule has 0 bridgehead atoms. The number of pyridine rings is 1. The molecule has 5 nitrogen and oxygen atoms in total. The lowest BCUT2D eigenvalue weighted by Crippen LogP contribution is -2.16. The van der Waals surface area contributed by atoms with E-state index in [1.54, 1.807) is 0 Å². The summed E-state index contributed by atoms with van der Waals surface area (Å²) < 4.78 is 5.11. The quantitative estimate of drug-likeness (QED) is 0.800. The minimum atomic E-state index is -0.0854. The van der Waals surface area contributed by atoms with Gasteiger partial charge < -0.3 is 9.84 Å². The van der Waals surface area contributed by atoms with Gasteiger partial charge in [0.25, 0.3) is 0 Å². The van der Waals surface area contributed by atoms with Gasteiger partial charge in [-0.15, -0.1) is 0 Å². The van der Waals surface area contributed by atoms with Crippen molar-refractivity contribution in [3.05, 3.63) is 53.0 Å². The largest absolute Gasteiger partial charge is 0.361 e. The van der Waals surface area contributed by atoms with Crippen molar-refractivity contribution in [1.82, 2.24) is 10.1 Å². The van der Waals surface area contributed by atoms with Crippen LogP contribution in [0.1, 0.15) is 29.6 Å². The number of anilines is 1. The SMILES string of the molecule is CCc1cc(NC(=O)Cc2c(C)noc2C)c2ccccc2n1. The van der Waals surface area contributed by atoms with Gasteiger partial charge in [-0.1, -0.05) is 30.3 Å². The summed E-state index contributed by atoms with van der Waals surface area (Å²) in [5.74, 6) is 0.601. The van der Waals surface area contributed by atoms with Gasteiger partial charge in [0.05, 0.1) is 23.3 Å². The van der Waals surface area contributed by atoms with Gasteiger partial charge in [0.1, 0.15) is 5.76 Å². The Kier molecular flexibility index (Phi) is 4.10. The predicted molar refractivity (Wildman–Crippen MR) is 89.4 cm³/mol. The molecule has 1 aromatic carbocycles. The number of fused-ring (bicyclic) bond motifs is 1. The van der Waals surface area contributed by atoms with E-state index in [-0.39, 0.29) is 12.3 Å². The highest BCUT2D eigenvalue weighted by molar-refractivity contribution is 6.01. The van der Waals surface area contributed by atoms with Crippen molar-refractivity contribution in [3.63, 3.8) is 0 Å². The number of carbonyl (C=O) groups excluding carboxylic acids is 1. The molecule has 118 valence electrons. The minimum Gasteiger partial charge on any atom is -0.361 e. The van der Waals surface area contributed by atoms with Gasteiger partial charge in [0.2, 0.25) is 5.91 Å². The van der Waals surface area contributed by atoms with Crippen LogP contribution in [0.15, 0.2) is 34.9 Å². The van der Waals surface area contributed by atoms with Gasteiger partial charge in [-0.05, 0) is 32.4 Å². The van der Waals surface area contributed by atoms with Gasteiger partial charge in [-0.3, -0.25) is 9.78 Å². The maximum absolute atomic E-state index is 12.4. The molecule has 2 aromatic heterocycles. The molecule has 0 aliphatic carbocycles. The number of carbonyl (C=O) groups is 1. The molecule has 0 radical (unpaired) electrons. The van der Waals surface area contributed by atoms with Crippen molar-refractivity contribution < 1.29 is 9.32 Å². The number of hydrogen-bond acceptors (Lipinski definition) is 4. The van der Waals surface area contributed by atoms with Crippen LogP contribution in [0.5, 0.6) is 0 Å². The Hall–Kier alpha value is -2.69. The third kappa shape index (κ3) is 3.08. The molecule has 1 amide bonds. The van der Waals surface area contributed by atoms with E-state index >= 15 is 0 Å². The number of benzene rings is 1.